The monoisotopic (exact) mass is 426 g/mol. The first kappa shape index (κ1) is 21.3. The summed E-state index contributed by atoms with van der Waals surface area (Å²) in [6, 6.07) is 15.8. The molecule has 0 bridgehead atoms. The molecule has 3 aromatic rings. The smallest absolute Gasteiger partial charge is 0.223 e. The van der Waals surface area contributed by atoms with Gasteiger partial charge in [-0.1, -0.05) is 50.2 Å². The van der Waals surface area contributed by atoms with Gasteiger partial charge in [0, 0.05) is 16.7 Å². The van der Waals surface area contributed by atoms with E-state index in [1.807, 2.05) is 35.0 Å². The Hall–Kier alpha value is -2.44. The quantitative estimate of drug-likeness (QED) is 0.506. The van der Waals surface area contributed by atoms with E-state index in [0.717, 1.165) is 15.3 Å². The SMILES string of the molecule is CC(=O)N[C@H](CC(=O)N[C@@H](c1ccc(C(C)C)cc1)c1cccs1)c1cccs1. The van der Waals surface area contributed by atoms with Crippen LogP contribution in [0.25, 0.3) is 0 Å². The van der Waals surface area contributed by atoms with E-state index in [0.29, 0.717) is 5.92 Å². The van der Waals surface area contributed by atoms with Crippen LogP contribution < -0.4 is 10.6 Å². The number of hydrogen-bond donors (Lipinski definition) is 2. The van der Waals surface area contributed by atoms with Gasteiger partial charge in [0.15, 0.2) is 0 Å². The zero-order chi connectivity index (χ0) is 20.8. The van der Waals surface area contributed by atoms with Crippen molar-refractivity contribution in [2.24, 2.45) is 0 Å². The Bertz CT molecular complexity index is 916. The number of nitrogens with one attached hydrogen (secondary N) is 2. The van der Waals surface area contributed by atoms with Gasteiger partial charge in [0.1, 0.15) is 0 Å². The Morgan fingerprint density at radius 1 is 0.862 bits per heavy atom. The largest absolute Gasteiger partial charge is 0.348 e. The van der Waals surface area contributed by atoms with E-state index in [4.69, 9.17) is 0 Å². The molecular formula is C23H26N2O2S2. The van der Waals surface area contributed by atoms with Crippen LogP contribution in [0.5, 0.6) is 0 Å². The van der Waals surface area contributed by atoms with E-state index in [9.17, 15) is 9.59 Å². The number of carbonyl (C=O) groups is 2. The fourth-order valence-electron chi connectivity index (χ4n) is 3.21. The van der Waals surface area contributed by atoms with Crippen LogP contribution in [0.4, 0.5) is 0 Å². The number of hydrogen-bond acceptors (Lipinski definition) is 4. The van der Waals surface area contributed by atoms with Gasteiger partial charge in [-0.05, 0) is 39.9 Å². The van der Waals surface area contributed by atoms with Crippen LogP contribution in [0.15, 0.2) is 59.3 Å². The fourth-order valence-corrected chi connectivity index (χ4v) is 4.79. The molecule has 2 heterocycles. The molecule has 2 atom stereocenters. The normalized spacial score (nSPS) is 13.1. The van der Waals surface area contributed by atoms with Crippen LogP contribution in [0.2, 0.25) is 0 Å². The third-order valence-corrected chi connectivity index (χ3v) is 6.65. The number of amides is 2. The Balaban J connectivity index is 1.78. The number of rotatable bonds is 8. The molecule has 0 spiro atoms. The summed E-state index contributed by atoms with van der Waals surface area (Å²) in [5.41, 5.74) is 2.32. The van der Waals surface area contributed by atoms with Crippen LogP contribution in [0.3, 0.4) is 0 Å². The van der Waals surface area contributed by atoms with Gasteiger partial charge in [0.2, 0.25) is 11.8 Å². The van der Waals surface area contributed by atoms with Gasteiger partial charge in [-0.15, -0.1) is 22.7 Å². The van der Waals surface area contributed by atoms with Crippen molar-refractivity contribution in [1.82, 2.24) is 10.6 Å². The first-order valence-electron chi connectivity index (χ1n) is 9.67. The van der Waals surface area contributed by atoms with E-state index >= 15 is 0 Å². The topological polar surface area (TPSA) is 58.2 Å². The minimum absolute atomic E-state index is 0.0940. The van der Waals surface area contributed by atoms with Crippen LogP contribution in [-0.4, -0.2) is 11.8 Å². The van der Waals surface area contributed by atoms with Crippen molar-refractivity contribution in [3.05, 3.63) is 80.2 Å². The highest BCUT2D eigenvalue weighted by Gasteiger charge is 2.22. The van der Waals surface area contributed by atoms with Gasteiger partial charge < -0.3 is 10.6 Å². The average molecular weight is 427 g/mol. The van der Waals surface area contributed by atoms with E-state index in [1.165, 1.54) is 23.8 Å². The molecule has 0 saturated carbocycles. The van der Waals surface area contributed by atoms with Crippen molar-refractivity contribution in [2.45, 2.75) is 45.2 Å². The first-order chi connectivity index (χ1) is 13.9. The summed E-state index contributed by atoms with van der Waals surface area (Å²) in [6.07, 6.45) is 0.200. The van der Waals surface area contributed by atoms with Gasteiger partial charge in [-0.25, -0.2) is 0 Å². The van der Waals surface area contributed by atoms with E-state index in [2.05, 4.69) is 48.7 Å². The minimum Gasteiger partial charge on any atom is -0.348 e. The molecule has 3 rings (SSSR count). The molecule has 29 heavy (non-hydrogen) atoms. The molecule has 2 N–H and O–H groups in total. The molecule has 0 fully saturated rings. The highest BCUT2D eigenvalue weighted by Crippen LogP contribution is 2.29. The van der Waals surface area contributed by atoms with Crippen molar-refractivity contribution in [1.29, 1.82) is 0 Å². The third-order valence-electron chi connectivity index (χ3n) is 4.72. The van der Waals surface area contributed by atoms with Crippen molar-refractivity contribution < 1.29 is 9.59 Å². The van der Waals surface area contributed by atoms with Crippen LogP contribution in [0, 0.1) is 0 Å². The Morgan fingerprint density at radius 3 is 1.97 bits per heavy atom. The third kappa shape index (κ3) is 5.78. The molecule has 2 aromatic heterocycles. The predicted molar refractivity (Wildman–Crippen MR) is 120 cm³/mol. The second-order valence-electron chi connectivity index (χ2n) is 7.31. The molecule has 0 aliphatic rings. The highest BCUT2D eigenvalue weighted by atomic mass is 32.1. The minimum atomic E-state index is -0.320. The summed E-state index contributed by atoms with van der Waals surface area (Å²) in [5.74, 6) is 0.224. The Kier molecular flexibility index (Phi) is 7.23. The maximum absolute atomic E-state index is 12.9. The molecule has 1 aromatic carbocycles. The molecule has 0 aliphatic carbocycles. The molecule has 0 unspecified atom stereocenters. The number of thiophene rings is 2. The second kappa shape index (κ2) is 9.85. The zero-order valence-electron chi connectivity index (χ0n) is 16.8. The molecule has 4 nitrogen and oxygen atoms in total. The summed E-state index contributed by atoms with van der Waals surface area (Å²) in [7, 11) is 0. The summed E-state index contributed by atoms with van der Waals surface area (Å²) in [5, 5.41) is 10.0. The van der Waals surface area contributed by atoms with Crippen molar-refractivity contribution in [2.75, 3.05) is 0 Å². The molecule has 0 saturated heterocycles. The van der Waals surface area contributed by atoms with Gasteiger partial charge in [-0.2, -0.15) is 0 Å². The number of carbonyl (C=O) groups excluding carboxylic acids is 2. The standard InChI is InChI=1S/C23H26N2O2S2/c1-15(2)17-8-10-18(11-9-17)23(21-7-5-13-29-21)25-22(27)14-19(24-16(3)26)20-6-4-12-28-20/h4-13,15,19,23H,14H2,1-3H3,(H,24,26)(H,25,27)/t19-,23+/m1/s1. The average Bonchev–Trinajstić information content (AvgIpc) is 3.39. The maximum Gasteiger partial charge on any atom is 0.223 e. The van der Waals surface area contributed by atoms with Gasteiger partial charge in [0.25, 0.3) is 0 Å². The molecule has 6 heteroatoms. The maximum atomic E-state index is 12.9. The van der Waals surface area contributed by atoms with Crippen LogP contribution >= 0.6 is 22.7 Å². The number of benzene rings is 1. The lowest BCUT2D eigenvalue weighted by Crippen LogP contribution is -2.34. The van der Waals surface area contributed by atoms with E-state index in [1.54, 1.807) is 11.3 Å². The lowest BCUT2D eigenvalue weighted by atomic mass is 9.98. The van der Waals surface area contributed by atoms with E-state index in [-0.39, 0.29) is 30.3 Å². The lowest BCUT2D eigenvalue weighted by Gasteiger charge is -2.21. The Morgan fingerprint density at radius 2 is 1.45 bits per heavy atom. The van der Waals surface area contributed by atoms with Crippen molar-refractivity contribution in [3.63, 3.8) is 0 Å². The molecule has 152 valence electrons. The summed E-state index contributed by atoms with van der Waals surface area (Å²) < 4.78 is 0. The molecular weight excluding hydrogens is 400 g/mol. The van der Waals surface area contributed by atoms with Gasteiger partial charge in [-0.3, -0.25) is 9.59 Å². The van der Waals surface area contributed by atoms with Crippen molar-refractivity contribution >= 4 is 34.5 Å². The predicted octanol–water partition coefficient (Wildman–Crippen LogP) is 5.41. The first-order valence-corrected chi connectivity index (χ1v) is 11.4. The summed E-state index contributed by atoms with van der Waals surface area (Å²) in [4.78, 5) is 26.6. The second-order valence-corrected chi connectivity index (χ2v) is 9.27. The summed E-state index contributed by atoms with van der Waals surface area (Å²) in [6.45, 7) is 5.81. The van der Waals surface area contributed by atoms with Gasteiger partial charge >= 0.3 is 0 Å². The highest BCUT2D eigenvalue weighted by molar-refractivity contribution is 7.10. The molecule has 0 aliphatic heterocycles. The molecule has 2 amide bonds. The van der Waals surface area contributed by atoms with Crippen molar-refractivity contribution in [3.8, 4) is 0 Å². The zero-order valence-corrected chi connectivity index (χ0v) is 18.5. The molecule has 0 radical (unpaired) electrons. The Labute approximate surface area is 180 Å². The van der Waals surface area contributed by atoms with Gasteiger partial charge in [0.05, 0.1) is 18.5 Å². The van der Waals surface area contributed by atoms with Crippen LogP contribution in [-0.2, 0) is 9.59 Å². The summed E-state index contributed by atoms with van der Waals surface area (Å²) >= 11 is 3.16. The fraction of sp³-hybridized carbons (Fsp3) is 0.304. The lowest BCUT2D eigenvalue weighted by molar-refractivity contribution is -0.123. The van der Waals surface area contributed by atoms with Crippen LogP contribution in [0.1, 0.15) is 66.1 Å². The van der Waals surface area contributed by atoms with E-state index < -0.39 is 0 Å².